The van der Waals surface area contributed by atoms with Gasteiger partial charge < -0.3 is 0 Å². The molecule has 0 bridgehead atoms. The van der Waals surface area contributed by atoms with Crippen molar-refractivity contribution in [2.75, 3.05) is 6.54 Å². The highest BCUT2D eigenvalue weighted by molar-refractivity contribution is 7.87. The Bertz CT molecular complexity index is 248. The van der Waals surface area contributed by atoms with Crippen LogP contribution in [0.5, 0.6) is 0 Å². The van der Waals surface area contributed by atoms with E-state index in [0.717, 1.165) is 6.42 Å². The van der Waals surface area contributed by atoms with E-state index in [9.17, 15) is 8.42 Å². The van der Waals surface area contributed by atoms with Crippen LogP contribution in [0, 0.1) is 0 Å². The molecule has 0 aromatic rings. The summed E-state index contributed by atoms with van der Waals surface area (Å²) in [6.07, 6.45) is 0.850. The summed E-state index contributed by atoms with van der Waals surface area (Å²) in [6.45, 7) is 6.36. The fourth-order valence-electron chi connectivity index (χ4n) is 1.33. The Morgan fingerprint density at radius 3 is 2.42 bits per heavy atom. The molecule has 5 heteroatoms. The summed E-state index contributed by atoms with van der Waals surface area (Å²) in [6, 6.07) is 0.149. The molecule has 0 radical (unpaired) electrons. The quantitative estimate of drug-likeness (QED) is 0.685. The Labute approximate surface area is 74.1 Å². The van der Waals surface area contributed by atoms with Crippen LogP contribution in [-0.2, 0) is 10.2 Å². The largest absolute Gasteiger partial charge is 0.280 e. The van der Waals surface area contributed by atoms with Crippen LogP contribution in [-0.4, -0.2) is 31.4 Å². The van der Waals surface area contributed by atoms with Gasteiger partial charge in [-0.2, -0.15) is 17.4 Å². The van der Waals surface area contributed by atoms with E-state index in [1.165, 1.54) is 4.31 Å². The van der Waals surface area contributed by atoms with Crippen molar-refractivity contribution in [1.29, 1.82) is 0 Å². The van der Waals surface area contributed by atoms with Crippen LogP contribution < -0.4 is 4.72 Å². The topological polar surface area (TPSA) is 49.4 Å². The predicted molar refractivity (Wildman–Crippen MR) is 48.0 cm³/mol. The highest BCUT2D eigenvalue weighted by Gasteiger charge is 2.35. The second-order valence-electron chi connectivity index (χ2n) is 3.39. The number of rotatable bonds is 2. The zero-order chi connectivity index (χ0) is 9.35. The van der Waals surface area contributed by atoms with Crippen molar-refractivity contribution in [3.8, 4) is 0 Å². The minimum Gasteiger partial charge on any atom is -0.198 e. The van der Waals surface area contributed by atoms with Gasteiger partial charge in [0.15, 0.2) is 0 Å². The molecular weight excluding hydrogens is 176 g/mol. The van der Waals surface area contributed by atoms with E-state index in [-0.39, 0.29) is 12.1 Å². The molecule has 1 aliphatic rings. The average Bonchev–Trinajstić information content (AvgIpc) is 2.25. The standard InChI is InChI=1S/C7H16N2O2S/c1-4-7-5-9(6(2)3)12(10,11)8-7/h6-8H,4-5H2,1-3H3. The van der Waals surface area contributed by atoms with Crippen molar-refractivity contribution in [1.82, 2.24) is 9.03 Å². The summed E-state index contributed by atoms with van der Waals surface area (Å²) < 4.78 is 26.9. The lowest BCUT2D eigenvalue weighted by atomic mass is 10.2. The first-order valence-corrected chi connectivity index (χ1v) is 5.70. The molecule has 1 heterocycles. The van der Waals surface area contributed by atoms with E-state index in [4.69, 9.17) is 0 Å². The number of nitrogens with zero attached hydrogens (tertiary/aromatic N) is 1. The summed E-state index contributed by atoms with van der Waals surface area (Å²) in [4.78, 5) is 0. The molecule has 12 heavy (non-hydrogen) atoms. The van der Waals surface area contributed by atoms with E-state index in [1.54, 1.807) is 0 Å². The molecule has 1 fully saturated rings. The van der Waals surface area contributed by atoms with Gasteiger partial charge in [0.25, 0.3) is 10.2 Å². The Morgan fingerprint density at radius 2 is 2.17 bits per heavy atom. The van der Waals surface area contributed by atoms with E-state index >= 15 is 0 Å². The van der Waals surface area contributed by atoms with Gasteiger partial charge in [0.05, 0.1) is 0 Å². The number of hydrogen-bond acceptors (Lipinski definition) is 2. The Balaban J connectivity index is 2.78. The third-order valence-electron chi connectivity index (χ3n) is 2.09. The van der Waals surface area contributed by atoms with Gasteiger partial charge in [0, 0.05) is 18.6 Å². The van der Waals surface area contributed by atoms with Crippen LogP contribution in [0.15, 0.2) is 0 Å². The fraction of sp³-hybridized carbons (Fsp3) is 1.00. The van der Waals surface area contributed by atoms with E-state index < -0.39 is 10.2 Å². The van der Waals surface area contributed by atoms with Crippen molar-refractivity contribution >= 4 is 10.2 Å². The lowest BCUT2D eigenvalue weighted by molar-refractivity contribution is 0.365. The van der Waals surface area contributed by atoms with E-state index in [0.29, 0.717) is 6.54 Å². The molecule has 72 valence electrons. The van der Waals surface area contributed by atoms with Gasteiger partial charge in [-0.15, -0.1) is 0 Å². The second-order valence-corrected chi connectivity index (χ2v) is 5.05. The molecular formula is C7H16N2O2S. The maximum atomic E-state index is 11.4. The van der Waals surface area contributed by atoms with Gasteiger partial charge in [0.2, 0.25) is 0 Å². The maximum Gasteiger partial charge on any atom is 0.280 e. The van der Waals surface area contributed by atoms with Gasteiger partial charge in [-0.3, -0.25) is 0 Å². The molecule has 0 amide bonds. The lowest BCUT2D eigenvalue weighted by Crippen LogP contribution is -2.34. The zero-order valence-corrected chi connectivity index (χ0v) is 8.56. The first-order valence-electron chi connectivity index (χ1n) is 4.26. The van der Waals surface area contributed by atoms with Gasteiger partial charge >= 0.3 is 0 Å². The highest BCUT2D eigenvalue weighted by atomic mass is 32.2. The number of hydrogen-bond donors (Lipinski definition) is 1. The zero-order valence-electron chi connectivity index (χ0n) is 7.74. The van der Waals surface area contributed by atoms with Gasteiger partial charge in [-0.25, -0.2) is 0 Å². The minimum atomic E-state index is -3.16. The average molecular weight is 192 g/mol. The molecule has 1 saturated heterocycles. The normalized spacial score (nSPS) is 29.8. The monoisotopic (exact) mass is 192 g/mol. The molecule has 1 rings (SSSR count). The van der Waals surface area contributed by atoms with Crippen LogP contribution in [0.3, 0.4) is 0 Å². The number of nitrogens with one attached hydrogen (secondary N) is 1. The van der Waals surface area contributed by atoms with Gasteiger partial charge in [-0.05, 0) is 20.3 Å². The molecule has 0 aliphatic carbocycles. The van der Waals surface area contributed by atoms with Crippen LogP contribution in [0.1, 0.15) is 27.2 Å². The van der Waals surface area contributed by atoms with Crippen LogP contribution in [0.25, 0.3) is 0 Å². The van der Waals surface area contributed by atoms with Crippen molar-refractivity contribution in [3.63, 3.8) is 0 Å². The molecule has 4 nitrogen and oxygen atoms in total. The lowest BCUT2D eigenvalue weighted by Gasteiger charge is -2.16. The first-order chi connectivity index (χ1) is 5.47. The molecule has 0 aromatic carbocycles. The molecule has 1 atom stereocenters. The SMILES string of the molecule is CCC1CN(C(C)C)S(=O)(=O)N1. The summed E-state index contributed by atoms with van der Waals surface area (Å²) in [5.41, 5.74) is 0. The van der Waals surface area contributed by atoms with Gasteiger partial charge in [0.1, 0.15) is 0 Å². The van der Waals surface area contributed by atoms with Gasteiger partial charge in [-0.1, -0.05) is 6.92 Å². The Hall–Kier alpha value is -0.130. The first kappa shape index (κ1) is 9.95. The van der Waals surface area contributed by atoms with Crippen LogP contribution >= 0.6 is 0 Å². The van der Waals surface area contributed by atoms with Crippen molar-refractivity contribution < 1.29 is 8.42 Å². The van der Waals surface area contributed by atoms with E-state index in [2.05, 4.69) is 4.72 Å². The summed E-state index contributed by atoms with van der Waals surface area (Å²) in [5, 5.41) is 0. The molecule has 0 aromatic heterocycles. The summed E-state index contributed by atoms with van der Waals surface area (Å²) >= 11 is 0. The smallest absolute Gasteiger partial charge is 0.198 e. The van der Waals surface area contributed by atoms with Crippen molar-refractivity contribution in [2.45, 2.75) is 39.3 Å². The van der Waals surface area contributed by atoms with Crippen LogP contribution in [0.2, 0.25) is 0 Å². The third-order valence-corrected chi connectivity index (χ3v) is 3.91. The summed E-state index contributed by atoms with van der Waals surface area (Å²) in [5.74, 6) is 0. The van der Waals surface area contributed by atoms with Crippen LogP contribution in [0.4, 0.5) is 0 Å². The Kier molecular flexibility index (Phi) is 2.75. The maximum absolute atomic E-state index is 11.4. The Morgan fingerprint density at radius 1 is 1.58 bits per heavy atom. The fourth-order valence-corrected chi connectivity index (χ4v) is 3.06. The molecule has 1 aliphatic heterocycles. The van der Waals surface area contributed by atoms with Crippen molar-refractivity contribution in [3.05, 3.63) is 0 Å². The van der Waals surface area contributed by atoms with E-state index in [1.807, 2.05) is 20.8 Å². The van der Waals surface area contributed by atoms with Crippen molar-refractivity contribution in [2.24, 2.45) is 0 Å². The molecule has 0 saturated carbocycles. The molecule has 0 spiro atoms. The summed E-state index contributed by atoms with van der Waals surface area (Å²) in [7, 11) is -3.16. The predicted octanol–water partition coefficient (Wildman–Crippen LogP) is 0.323. The minimum absolute atomic E-state index is 0.0547. The highest BCUT2D eigenvalue weighted by Crippen LogP contribution is 2.15. The second kappa shape index (κ2) is 3.32. The third kappa shape index (κ3) is 1.78. The molecule has 1 unspecified atom stereocenters. The molecule has 1 N–H and O–H groups in total.